The summed E-state index contributed by atoms with van der Waals surface area (Å²) in [5, 5.41) is 15.4. The number of aryl methyl sites for hydroxylation is 3. The van der Waals surface area contributed by atoms with Gasteiger partial charge in [0.25, 0.3) is 5.91 Å². The molecule has 25 heavy (non-hydrogen) atoms. The van der Waals surface area contributed by atoms with E-state index in [1.807, 2.05) is 39.4 Å². The molecule has 0 saturated carbocycles. The summed E-state index contributed by atoms with van der Waals surface area (Å²) in [6, 6.07) is 1.44. The van der Waals surface area contributed by atoms with Crippen LogP contribution >= 0.6 is 0 Å². The molecule has 3 heterocycles. The molecule has 0 radical (unpaired) electrons. The summed E-state index contributed by atoms with van der Waals surface area (Å²) >= 11 is 0. The Morgan fingerprint density at radius 2 is 2.16 bits per heavy atom. The van der Waals surface area contributed by atoms with Gasteiger partial charge in [-0.15, -0.1) is 0 Å². The van der Waals surface area contributed by atoms with Crippen LogP contribution in [0.25, 0.3) is 11.3 Å². The highest BCUT2D eigenvalue weighted by Gasteiger charge is 2.21. The van der Waals surface area contributed by atoms with Crippen molar-refractivity contribution in [3.63, 3.8) is 0 Å². The molecule has 0 spiro atoms. The fourth-order valence-corrected chi connectivity index (χ4v) is 3.05. The van der Waals surface area contributed by atoms with E-state index in [0.29, 0.717) is 5.76 Å². The van der Waals surface area contributed by atoms with E-state index in [4.69, 9.17) is 4.52 Å². The molecule has 1 atom stereocenters. The van der Waals surface area contributed by atoms with E-state index in [2.05, 4.69) is 20.7 Å². The minimum absolute atomic E-state index is 0.175. The van der Waals surface area contributed by atoms with Crippen LogP contribution in [-0.4, -0.2) is 30.6 Å². The normalized spacial score (nSPS) is 12.4. The number of amides is 1. The number of nitrogens with zero attached hydrogens (tertiary/aromatic N) is 5. The van der Waals surface area contributed by atoms with Gasteiger partial charge < -0.3 is 9.84 Å². The Labute approximate surface area is 145 Å². The maximum Gasteiger partial charge on any atom is 0.273 e. The van der Waals surface area contributed by atoms with Crippen LogP contribution in [-0.2, 0) is 13.6 Å². The molecule has 1 amide bonds. The van der Waals surface area contributed by atoms with Crippen molar-refractivity contribution in [3.8, 4) is 11.3 Å². The molecule has 3 aromatic rings. The monoisotopic (exact) mass is 342 g/mol. The Morgan fingerprint density at radius 3 is 2.76 bits per heavy atom. The summed E-state index contributed by atoms with van der Waals surface area (Å²) in [5.74, 6) is 0.228. The molecule has 1 N–H and O–H groups in total. The lowest BCUT2D eigenvalue weighted by Gasteiger charge is -2.14. The van der Waals surface area contributed by atoms with Gasteiger partial charge in [-0.3, -0.25) is 14.2 Å². The number of hydrogen-bond donors (Lipinski definition) is 1. The third-order valence-electron chi connectivity index (χ3n) is 4.25. The number of nitrogens with one attached hydrogen (secondary N) is 1. The van der Waals surface area contributed by atoms with Crippen LogP contribution in [0.3, 0.4) is 0 Å². The first-order valence-electron chi connectivity index (χ1n) is 8.21. The highest BCUT2D eigenvalue weighted by Crippen LogP contribution is 2.23. The van der Waals surface area contributed by atoms with Gasteiger partial charge in [-0.05, 0) is 27.7 Å². The zero-order valence-electron chi connectivity index (χ0n) is 15.1. The van der Waals surface area contributed by atoms with E-state index in [1.54, 1.807) is 23.1 Å². The fraction of sp³-hybridized carbons (Fsp3) is 0.412. The SMILES string of the molecule is CCn1nc(C)c(C(C)NC(=O)c2cc(-c3cnn(C)c3)on2)c1C. The van der Waals surface area contributed by atoms with Crippen LogP contribution in [0.2, 0.25) is 0 Å². The van der Waals surface area contributed by atoms with Crippen molar-refractivity contribution in [1.29, 1.82) is 0 Å². The number of aromatic nitrogens is 5. The number of carbonyl (C=O) groups excluding carboxylic acids is 1. The molecule has 8 heteroatoms. The number of carbonyl (C=O) groups is 1. The molecule has 0 fully saturated rings. The molecule has 0 aliphatic heterocycles. The predicted molar refractivity (Wildman–Crippen MR) is 92.0 cm³/mol. The molecule has 0 aliphatic carbocycles. The Balaban J connectivity index is 1.76. The van der Waals surface area contributed by atoms with Crippen LogP contribution in [0.5, 0.6) is 0 Å². The summed E-state index contributed by atoms with van der Waals surface area (Å²) in [4.78, 5) is 12.5. The first kappa shape index (κ1) is 16.9. The Bertz CT molecular complexity index is 904. The largest absolute Gasteiger partial charge is 0.355 e. The highest BCUT2D eigenvalue weighted by atomic mass is 16.5. The van der Waals surface area contributed by atoms with Crippen molar-refractivity contribution in [2.24, 2.45) is 7.05 Å². The Hall–Kier alpha value is -2.90. The predicted octanol–water partition coefficient (Wildman–Crippen LogP) is 2.40. The van der Waals surface area contributed by atoms with Gasteiger partial charge in [0.15, 0.2) is 11.5 Å². The average Bonchev–Trinajstić information content (AvgIpc) is 3.26. The van der Waals surface area contributed by atoms with Gasteiger partial charge in [-0.1, -0.05) is 5.16 Å². The second kappa shape index (κ2) is 6.54. The van der Waals surface area contributed by atoms with Crippen molar-refractivity contribution >= 4 is 5.91 Å². The van der Waals surface area contributed by atoms with Crippen molar-refractivity contribution in [2.45, 2.75) is 40.3 Å². The third-order valence-corrected chi connectivity index (χ3v) is 4.25. The zero-order chi connectivity index (χ0) is 18.1. The molecule has 3 rings (SSSR count). The van der Waals surface area contributed by atoms with Crippen molar-refractivity contribution in [2.75, 3.05) is 0 Å². The number of rotatable bonds is 5. The third kappa shape index (κ3) is 3.19. The van der Waals surface area contributed by atoms with Crippen LogP contribution in [0.15, 0.2) is 23.0 Å². The van der Waals surface area contributed by atoms with Gasteiger partial charge in [0.05, 0.1) is 23.5 Å². The standard InChI is InChI=1S/C17H22N6O2/c1-6-23-12(4)16(11(3)20-23)10(2)19-17(24)14-7-15(25-21-14)13-8-18-22(5)9-13/h7-10H,6H2,1-5H3,(H,19,24). The first-order valence-corrected chi connectivity index (χ1v) is 8.21. The lowest BCUT2D eigenvalue weighted by Crippen LogP contribution is -2.27. The molecule has 0 bridgehead atoms. The minimum Gasteiger partial charge on any atom is -0.355 e. The smallest absolute Gasteiger partial charge is 0.273 e. The van der Waals surface area contributed by atoms with E-state index in [1.165, 1.54) is 0 Å². The van der Waals surface area contributed by atoms with Gasteiger partial charge >= 0.3 is 0 Å². The van der Waals surface area contributed by atoms with Crippen LogP contribution in [0, 0.1) is 13.8 Å². The van der Waals surface area contributed by atoms with E-state index in [0.717, 1.165) is 29.1 Å². The summed E-state index contributed by atoms with van der Waals surface area (Å²) in [5.41, 5.74) is 4.03. The second-order valence-electron chi connectivity index (χ2n) is 6.07. The fourth-order valence-electron chi connectivity index (χ4n) is 3.05. The van der Waals surface area contributed by atoms with Crippen LogP contribution in [0.1, 0.15) is 47.3 Å². The van der Waals surface area contributed by atoms with Gasteiger partial charge in [-0.2, -0.15) is 10.2 Å². The molecule has 8 nitrogen and oxygen atoms in total. The van der Waals surface area contributed by atoms with Gasteiger partial charge in [0, 0.05) is 37.1 Å². The van der Waals surface area contributed by atoms with E-state index < -0.39 is 0 Å². The molecule has 0 aromatic carbocycles. The van der Waals surface area contributed by atoms with Crippen molar-refractivity contribution in [3.05, 3.63) is 41.1 Å². The lowest BCUT2D eigenvalue weighted by molar-refractivity contribution is 0.0930. The molecular formula is C17H22N6O2. The van der Waals surface area contributed by atoms with E-state index in [-0.39, 0.29) is 17.6 Å². The van der Waals surface area contributed by atoms with Crippen LogP contribution < -0.4 is 5.32 Å². The topological polar surface area (TPSA) is 90.8 Å². The Kier molecular flexibility index (Phi) is 4.43. The van der Waals surface area contributed by atoms with E-state index in [9.17, 15) is 4.79 Å². The summed E-state index contributed by atoms with van der Waals surface area (Å²) in [6.07, 6.45) is 3.47. The minimum atomic E-state index is -0.283. The van der Waals surface area contributed by atoms with Crippen LogP contribution in [0.4, 0.5) is 0 Å². The summed E-state index contributed by atoms with van der Waals surface area (Å²) in [7, 11) is 1.82. The molecule has 1 unspecified atom stereocenters. The molecular weight excluding hydrogens is 320 g/mol. The second-order valence-corrected chi connectivity index (χ2v) is 6.07. The first-order chi connectivity index (χ1) is 11.9. The van der Waals surface area contributed by atoms with Crippen molar-refractivity contribution in [1.82, 2.24) is 30.0 Å². The molecule has 3 aromatic heterocycles. The van der Waals surface area contributed by atoms with Gasteiger partial charge in [0.2, 0.25) is 0 Å². The maximum absolute atomic E-state index is 12.5. The van der Waals surface area contributed by atoms with Gasteiger partial charge in [-0.25, -0.2) is 0 Å². The molecule has 132 valence electrons. The zero-order valence-corrected chi connectivity index (χ0v) is 15.1. The molecule has 0 saturated heterocycles. The van der Waals surface area contributed by atoms with E-state index >= 15 is 0 Å². The Morgan fingerprint density at radius 1 is 1.40 bits per heavy atom. The summed E-state index contributed by atoms with van der Waals surface area (Å²) in [6.45, 7) is 8.75. The average molecular weight is 342 g/mol. The highest BCUT2D eigenvalue weighted by molar-refractivity contribution is 5.93. The van der Waals surface area contributed by atoms with Crippen molar-refractivity contribution < 1.29 is 9.32 Å². The maximum atomic E-state index is 12.5. The lowest BCUT2D eigenvalue weighted by atomic mass is 10.1. The van der Waals surface area contributed by atoms with Gasteiger partial charge in [0.1, 0.15) is 0 Å². The quantitative estimate of drug-likeness (QED) is 0.769. The molecule has 0 aliphatic rings. The summed E-state index contributed by atoms with van der Waals surface area (Å²) < 4.78 is 8.86. The number of hydrogen-bond acceptors (Lipinski definition) is 5.